The molecule has 4 rings (SSSR count). The van der Waals surface area contributed by atoms with Crippen molar-refractivity contribution in [3.63, 3.8) is 0 Å². The molecule has 7 heteroatoms. The molecule has 2 aliphatic rings. The molecule has 0 radical (unpaired) electrons. The lowest BCUT2D eigenvalue weighted by Crippen LogP contribution is -2.51. The minimum absolute atomic E-state index is 0.0460. The number of aromatic nitrogens is 4. The largest absolute Gasteiger partial charge is 0.352 e. The van der Waals surface area contributed by atoms with Crippen LogP contribution in [0.5, 0.6) is 0 Å². The van der Waals surface area contributed by atoms with E-state index in [9.17, 15) is 4.79 Å². The summed E-state index contributed by atoms with van der Waals surface area (Å²) in [6.45, 7) is 3.21. The van der Waals surface area contributed by atoms with Gasteiger partial charge >= 0.3 is 0 Å². The average Bonchev–Trinajstić information content (AvgIpc) is 3.07. The first-order chi connectivity index (χ1) is 11.3. The van der Waals surface area contributed by atoms with Crippen LogP contribution in [-0.4, -0.2) is 56.5 Å². The molecular formula is C16H22N6O. The normalized spacial score (nSPS) is 25.2. The zero-order valence-electron chi connectivity index (χ0n) is 13.2. The van der Waals surface area contributed by atoms with Gasteiger partial charge in [0.2, 0.25) is 0 Å². The lowest BCUT2D eigenvalue weighted by Gasteiger charge is -2.44. The Morgan fingerprint density at radius 1 is 1.22 bits per heavy atom. The number of carbonyl (C=O) groups excluding carboxylic acids is 1. The summed E-state index contributed by atoms with van der Waals surface area (Å²) in [5, 5.41) is 14.4. The minimum atomic E-state index is -0.0460. The number of piperidine rings is 2. The predicted octanol–water partition coefficient (Wildman–Crippen LogP) is 1.12. The Morgan fingerprint density at radius 2 is 2.13 bits per heavy atom. The van der Waals surface area contributed by atoms with Gasteiger partial charge < -0.3 is 10.2 Å². The maximum Gasteiger partial charge on any atom is 0.252 e. The van der Waals surface area contributed by atoms with E-state index in [0.717, 1.165) is 6.54 Å². The molecule has 23 heavy (non-hydrogen) atoms. The van der Waals surface area contributed by atoms with Crippen molar-refractivity contribution in [1.82, 2.24) is 30.3 Å². The first-order valence-corrected chi connectivity index (χ1v) is 8.51. The highest BCUT2D eigenvalue weighted by atomic mass is 16.1. The molecule has 7 nitrogen and oxygen atoms in total. The molecule has 2 aromatic rings. The molecule has 0 aromatic carbocycles. The summed E-state index contributed by atoms with van der Waals surface area (Å²) in [6, 6.07) is 4.19. The number of carbonyl (C=O) groups is 1. The SMILES string of the molecule is O=C(NC[C@@H]1CCCN2CCCC[C@@H]12)c1ccc2nnnn2c1. The van der Waals surface area contributed by atoms with Gasteiger partial charge in [0.25, 0.3) is 5.91 Å². The van der Waals surface area contributed by atoms with E-state index in [1.165, 1.54) is 49.7 Å². The third kappa shape index (κ3) is 2.93. The van der Waals surface area contributed by atoms with E-state index >= 15 is 0 Å². The predicted molar refractivity (Wildman–Crippen MR) is 85.1 cm³/mol. The lowest BCUT2D eigenvalue weighted by atomic mass is 9.83. The fourth-order valence-corrected chi connectivity index (χ4v) is 4.02. The Balaban J connectivity index is 1.40. The molecule has 0 unspecified atom stereocenters. The second-order valence-electron chi connectivity index (χ2n) is 6.61. The molecule has 0 saturated carbocycles. The van der Waals surface area contributed by atoms with Crippen molar-refractivity contribution in [3.8, 4) is 0 Å². The molecule has 1 N–H and O–H groups in total. The van der Waals surface area contributed by atoms with Crippen LogP contribution in [0.1, 0.15) is 42.5 Å². The quantitative estimate of drug-likeness (QED) is 0.919. The number of pyridine rings is 1. The smallest absolute Gasteiger partial charge is 0.252 e. The molecule has 0 aliphatic carbocycles. The number of rotatable bonds is 3. The Bertz CT molecular complexity index is 697. The first-order valence-electron chi connectivity index (χ1n) is 8.51. The summed E-state index contributed by atoms with van der Waals surface area (Å²) in [7, 11) is 0. The Hall–Kier alpha value is -2.02. The van der Waals surface area contributed by atoms with Crippen molar-refractivity contribution in [1.29, 1.82) is 0 Å². The highest BCUT2D eigenvalue weighted by Gasteiger charge is 2.32. The number of tetrazole rings is 1. The summed E-state index contributed by atoms with van der Waals surface area (Å²) < 4.78 is 1.53. The average molecular weight is 314 g/mol. The van der Waals surface area contributed by atoms with Crippen molar-refractivity contribution in [2.24, 2.45) is 5.92 Å². The Morgan fingerprint density at radius 3 is 3.09 bits per heavy atom. The fraction of sp³-hybridized carbons (Fsp3) is 0.625. The van der Waals surface area contributed by atoms with Gasteiger partial charge in [-0.3, -0.25) is 4.79 Å². The molecule has 2 aliphatic heterocycles. The number of fused-ring (bicyclic) bond motifs is 2. The fourth-order valence-electron chi connectivity index (χ4n) is 4.02. The van der Waals surface area contributed by atoms with Gasteiger partial charge in [0, 0.05) is 18.8 Å². The first kappa shape index (κ1) is 14.6. The van der Waals surface area contributed by atoms with E-state index in [-0.39, 0.29) is 5.91 Å². The van der Waals surface area contributed by atoms with Crippen LogP contribution in [0.15, 0.2) is 18.3 Å². The van der Waals surface area contributed by atoms with Crippen LogP contribution in [0.2, 0.25) is 0 Å². The summed E-state index contributed by atoms with van der Waals surface area (Å²) in [6.07, 6.45) is 8.06. The van der Waals surface area contributed by atoms with Crippen LogP contribution in [0.25, 0.3) is 5.65 Å². The van der Waals surface area contributed by atoms with Gasteiger partial charge in [0.05, 0.1) is 5.56 Å². The van der Waals surface area contributed by atoms with Gasteiger partial charge in [0.1, 0.15) is 0 Å². The third-order valence-electron chi connectivity index (χ3n) is 5.21. The van der Waals surface area contributed by atoms with Crippen LogP contribution in [0.3, 0.4) is 0 Å². The summed E-state index contributed by atoms with van der Waals surface area (Å²) in [5.74, 6) is 0.528. The van der Waals surface area contributed by atoms with Gasteiger partial charge in [-0.05, 0) is 67.3 Å². The maximum absolute atomic E-state index is 12.4. The molecule has 2 atom stereocenters. The van der Waals surface area contributed by atoms with Crippen LogP contribution in [-0.2, 0) is 0 Å². The van der Waals surface area contributed by atoms with Gasteiger partial charge in [0.15, 0.2) is 5.65 Å². The van der Waals surface area contributed by atoms with Crippen molar-refractivity contribution >= 4 is 11.6 Å². The standard InChI is InChI=1S/C16H22N6O/c23-16(13-6-7-15-18-19-20-22(15)11-13)17-10-12-4-3-9-21-8-2-1-5-14(12)21/h6-7,11-12,14H,1-5,8-10H2,(H,17,23)/t12-,14-/m0/s1. The molecule has 122 valence electrons. The van der Waals surface area contributed by atoms with E-state index in [4.69, 9.17) is 0 Å². The van der Waals surface area contributed by atoms with E-state index in [1.807, 2.05) is 0 Å². The monoisotopic (exact) mass is 314 g/mol. The molecule has 4 heterocycles. The Labute approximate surface area is 135 Å². The molecule has 2 fully saturated rings. The van der Waals surface area contributed by atoms with Crippen LogP contribution in [0, 0.1) is 5.92 Å². The topological polar surface area (TPSA) is 75.4 Å². The van der Waals surface area contributed by atoms with Crippen molar-refractivity contribution in [2.75, 3.05) is 19.6 Å². The van der Waals surface area contributed by atoms with E-state index < -0.39 is 0 Å². The minimum Gasteiger partial charge on any atom is -0.352 e. The molecule has 0 spiro atoms. The highest BCUT2D eigenvalue weighted by Crippen LogP contribution is 2.30. The van der Waals surface area contributed by atoms with Crippen molar-refractivity contribution in [3.05, 3.63) is 23.9 Å². The number of amides is 1. The van der Waals surface area contributed by atoms with Crippen molar-refractivity contribution in [2.45, 2.75) is 38.1 Å². The zero-order valence-corrected chi connectivity index (χ0v) is 13.2. The zero-order chi connectivity index (χ0) is 15.6. The third-order valence-corrected chi connectivity index (χ3v) is 5.21. The van der Waals surface area contributed by atoms with Crippen LogP contribution >= 0.6 is 0 Å². The molecule has 1 amide bonds. The summed E-state index contributed by atoms with van der Waals surface area (Å²) in [4.78, 5) is 15.0. The molecular weight excluding hydrogens is 292 g/mol. The molecule has 2 saturated heterocycles. The van der Waals surface area contributed by atoms with E-state index in [0.29, 0.717) is 23.2 Å². The van der Waals surface area contributed by atoms with E-state index in [1.54, 1.807) is 18.3 Å². The molecule has 2 aromatic heterocycles. The number of nitrogens with one attached hydrogen (secondary N) is 1. The maximum atomic E-state index is 12.4. The number of hydrogen-bond donors (Lipinski definition) is 1. The van der Waals surface area contributed by atoms with Gasteiger partial charge in [-0.25, -0.2) is 0 Å². The van der Waals surface area contributed by atoms with Gasteiger partial charge in [-0.15, -0.1) is 5.10 Å². The van der Waals surface area contributed by atoms with Crippen LogP contribution < -0.4 is 5.32 Å². The Kier molecular flexibility index (Phi) is 3.95. The number of hydrogen-bond acceptors (Lipinski definition) is 5. The molecule has 0 bridgehead atoms. The van der Waals surface area contributed by atoms with Crippen LogP contribution in [0.4, 0.5) is 0 Å². The summed E-state index contributed by atoms with van der Waals surface area (Å²) in [5.41, 5.74) is 1.24. The highest BCUT2D eigenvalue weighted by molar-refractivity contribution is 5.94. The van der Waals surface area contributed by atoms with Gasteiger partial charge in [-0.2, -0.15) is 4.52 Å². The lowest BCUT2D eigenvalue weighted by molar-refractivity contribution is 0.0575. The van der Waals surface area contributed by atoms with Crippen molar-refractivity contribution < 1.29 is 4.79 Å². The second-order valence-corrected chi connectivity index (χ2v) is 6.61. The van der Waals surface area contributed by atoms with Gasteiger partial charge in [-0.1, -0.05) is 6.42 Å². The number of nitrogens with zero attached hydrogens (tertiary/aromatic N) is 5. The summed E-state index contributed by atoms with van der Waals surface area (Å²) >= 11 is 0. The van der Waals surface area contributed by atoms with E-state index in [2.05, 4.69) is 25.7 Å². The second kappa shape index (κ2) is 6.23.